The molecule has 0 spiro atoms. The minimum Gasteiger partial charge on any atom is -0.497 e. The van der Waals surface area contributed by atoms with Gasteiger partial charge in [0.05, 0.1) is 25.7 Å². The largest absolute Gasteiger partial charge is 0.497 e. The lowest BCUT2D eigenvalue weighted by Gasteiger charge is -2.31. The highest BCUT2D eigenvalue weighted by molar-refractivity contribution is 7.99. The molecule has 0 aliphatic carbocycles. The first-order valence-electron chi connectivity index (χ1n) is 11.0. The zero-order valence-corrected chi connectivity index (χ0v) is 20.1. The molecule has 33 heavy (non-hydrogen) atoms. The fraction of sp³-hybridized carbons (Fsp3) is 0.478. The molecule has 0 saturated carbocycles. The monoisotopic (exact) mass is 473 g/mol. The molecule has 1 aromatic heterocycles. The van der Waals surface area contributed by atoms with Gasteiger partial charge in [-0.2, -0.15) is 0 Å². The number of hydrogen-bond acceptors (Lipinski definition) is 8. The van der Waals surface area contributed by atoms with Crippen molar-refractivity contribution >= 4 is 35.1 Å². The van der Waals surface area contributed by atoms with Crippen molar-refractivity contribution in [3.8, 4) is 11.5 Å². The third kappa shape index (κ3) is 6.98. The van der Waals surface area contributed by atoms with Crippen molar-refractivity contribution < 1.29 is 19.1 Å². The average molecular weight is 474 g/mol. The maximum atomic E-state index is 12.4. The van der Waals surface area contributed by atoms with Gasteiger partial charge in [0.15, 0.2) is 5.82 Å². The second kappa shape index (κ2) is 12.3. The number of piperidine rings is 1. The van der Waals surface area contributed by atoms with Crippen LogP contribution in [0.15, 0.2) is 35.4 Å². The average Bonchev–Trinajstić information content (AvgIpc) is 2.86. The van der Waals surface area contributed by atoms with E-state index in [0.717, 1.165) is 44.7 Å². The molecule has 2 amide bonds. The summed E-state index contributed by atoms with van der Waals surface area (Å²) in [5.74, 6) is 2.21. The van der Waals surface area contributed by atoms with E-state index >= 15 is 0 Å². The fourth-order valence-electron chi connectivity index (χ4n) is 3.56. The minimum absolute atomic E-state index is 0.0670. The van der Waals surface area contributed by atoms with Gasteiger partial charge in [-0.05, 0) is 43.5 Å². The van der Waals surface area contributed by atoms with E-state index in [1.165, 1.54) is 11.8 Å². The molecule has 2 N–H and O–H groups in total. The van der Waals surface area contributed by atoms with Gasteiger partial charge >= 0.3 is 0 Å². The number of nitrogens with zero attached hydrogens (tertiary/aromatic N) is 3. The van der Waals surface area contributed by atoms with Crippen molar-refractivity contribution in [1.82, 2.24) is 15.5 Å². The maximum absolute atomic E-state index is 12.4. The number of ether oxygens (including phenoxy) is 2. The topological polar surface area (TPSA) is 106 Å². The Labute approximate surface area is 198 Å². The van der Waals surface area contributed by atoms with E-state index in [2.05, 4.69) is 25.7 Å². The summed E-state index contributed by atoms with van der Waals surface area (Å²) in [4.78, 5) is 26.7. The number of carbonyl (C=O) groups is 2. The second-order valence-corrected chi connectivity index (χ2v) is 8.68. The Bertz CT molecular complexity index is 933. The second-order valence-electron chi connectivity index (χ2n) is 7.69. The van der Waals surface area contributed by atoms with Crippen molar-refractivity contribution in [2.45, 2.75) is 31.2 Å². The highest BCUT2D eigenvalue weighted by Gasteiger charge is 2.25. The summed E-state index contributed by atoms with van der Waals surface area (Å²) >= 11 is 1.31. The summed E-state index contributed by atoms with van der Waals surface area (Å²) in [5.41, 5.74) is 0.552. The zero-order chi connectivity index (χ0) is 23.6. The molecule has 9 nitrogen and oxygen atoms in total. The molecule has 0 bridgehead atoms. The summed E-state index contributed by atoms with van der Waals surface area (Å²) in [6.07, 6.45) is 2.56. The van der Waals surface area contributed by atoms with E-state index in [9.17, 15) is 9.59 Å². The molecule has 3 rings (SSSR count). The number of nitrogens with one attached hydrogen (secondary N) is 2. The number of benzene rings is 1. The molecule has 0 radical (unpaired) electrons. The van der Waals surface area contributed by atoms with Crippen LogP contribution >= 0.6 is 11.8 Å². The van der Waals surface area contributed by atoms with E-state index in [1.54, 1.807) is 32.4 Å². The molecule has 0 atom stereocenters. The van der Waals surface area contributed by atoms with Crippen LogP contribution in [0.2, 0.25) is 0 Å². The number of aromatic nitrogens is 2. The van der Waals surface area contributed by atoms with Crippen molar-refractivity contribution in [2.75, 3.05) is 49.8 Å². The summed E-state index contributed by atoms with van der Waals surface area (Å²) < 4.78 is 10.5. The molecule has 0 unspecified atom stereocenters. The van der Waals surface area contributed by atoms with Gasteiger partial charge < -0.3 is 25.0 Å². The van der Waals surface area contributed by atoms with E-state index in [4.69, 9.17) is 9.47 Å². The smallest absolute Gasteiger partial charge is 0.234 e. The number of amides is 2. The Kier molecular flexibility index (Phi) is 9.17. The molecule has 178 valence electrons. The highest BCUT2D eigenvalue weighted by Crippen LogP contribution is 2.29. The van der Waals surface area contributed by atoms with Crippen LogP contribution in [-0.4, -0.2) is 61.6 Å². The Morgan fingerprint density at radius 3 is 2.55 bits per heavy atom. The van der Waals surface area contributed by atoms with Crippen molar-refractivity contribution in [2.24, 2.45) is 5.92 Å². The molecule has 2 heterocycles. The van der Waals surface area contributed by atoms with Crippen molar-refractivity contribution in [3.05, 3.63) is 30.3 Å². The standard InChI is InChI=1S/C23H31N5O4S/c1-4-11-24-23(30)16-9-12-28(13-10-16)20-7-8-22(27-26-20)33-15-21(29)25-18-14-17(31-2)5-6-19(18)32-3/h5-8,14,16H,4,9-13,15H2,1-3H3,(H,24,30)(H,25,29). The quantitative estimate of drug-likeness (QED) is 0.508. The van der Waals surface area contributed by atoms with Gasteiger partial charge in [0.1, 0.15) is 16.5 Å². The van der Waals surface area contributed by atoms with Crippen LogP contribution in [0.25, 0.3) is 0 Å². The van der Waals surface area contributed by atoms with E-state index in [1.807, 2.05) is 19.1 Å². The van der Waals surface area contributed by atoms with Gasteiger partial charge in [0.2, 0.25) is 11.8 Å². The molecular weight excluding hydrogens is 442 g/mol. The summed E-state index contributed by atoms with van der Waals surface area (Å²) in [7, 11) is 3.12. The minimum atomic E-state index is -0.180. The lowest BCUT2D eigenvalue weighted by molar-refractivity contribution is -0.125. The van der Waals surface area contributed by atoms with Crippen LogP contribution in [0.1, 0.15) is 26.2 Å². The van der Waals surface area contributed by atoms with Crippen molar-refractivity contribution in [1.29, 1.82) is 0 Å². The predicted molar refractivity (Wildman–Crippen MR) is 129 cm³/mol. The summed E-state index contributed by atoms with van der Waals surface area (Å²) in [5, 5.41) is 15.1. The zero-order valence-electron chi connectivity index (χ0n) is 19.3. The van der Waals surface area contributed by atoms with Gasteiger partial charge in [-0.3, -0.25) is 9.59 Å². The van der Waals surface area contributed by atoms with Crippen molar-refractivity contribution in [3.63, 3.8) is 0 Å². The first kappa shape index (κ1) is 24.6. The molecule has 1 fully saturated rings. The first-order valence-corrected chi connectivity index (χ1v) is 12.0. The first-order chi connectivity index (χ1) is 16.0. The Hall–Kier alpha value is -3.01. The third-order valence-electron chi connectivity index (χ3n) is 5.40. The van der Waals surface area contributed by atoms with Crippen LogP contribution in [0, 0.1) is 5.92 Å². The van der Waals surface area contributed by atoms with Crippen LogP contribution in [0.5, 0.6) is 11.5 Å². The normalized spacial score (nSPS) is 14.0. The van der Waals surface area contributed by atoms with E-state index in [0.29, 0.717) is 22.2 Å². The SMILES string of the molecule is CCCNC(=O)C1CCN(c2ccc(SCC(=O)Nc3cc(OC)ccc3OC)nn2)CC1. The summed E-state index contributed by atoms with van der Waals surface area (Å²) in [6, 6.07) is 9.01. The third-order valence-corrected chi connectivity index (χ3v) is 6.32. The highest BCUT2D eigenvalue weighted by atomic mass is 32.2. The van der Waals surface area contributed by atoms with Gasteiger partial charge in [-0.25, -0.2) is 0 Å². The number of thioether (sulfide) groups is 1. The Morgan fingerprint density at radius 2 is 1.91 bits per heavy atom. The lowest BCUT2D eigenvalue weighted by Crippen LogP contribution is -2.41. The molecule has 1 aliphatic rings. The molecular formula is C23H31N5O4S. The summed E-state index contributed by atoms with van der Waals surface area (Å²) in [6.45, 7) is 4.33. The molecule has 10 heteroatoms. The predicted octanol–water partition coefficient (Wildman–Crippen LogP) is 2.97. The molecule has 1 aromatic carbocycles. The number of rotatable bonds is 10. The maximum Gasteiger partial charge on any atom is 0.234 e. The number of methoxy groups -OCH3 is 2. The molecule has 2 aromatic rings. The lowest BCUT2D eigenvalue weighted by atomic mass is 9.96. The number of carbonyl (C=O) groups excluding carboxylic acids is 2. The van der Waals surface area contributed by atoms with E-state index in [-0.39, 0.29) is 23.5 Å². The van der Waals surface area contributed by atoms with Gasteiger partial charge in [0, 0.05) is 31.6 Å². The van der Waals surface area contributed by atoms with Gasteiger partial charge in [-0.15, -0.1) is 10.2 Å². The van der Waals surface area contributed by atoms with Gasteiger partial charge in [-0.1, -0.05) is 18.7 Å². The molecule has 1 saturated heterocycles. The Balaban J connectivity index is 1.47. The van der Waals surface area contributed by atoms with Crippen LogP contribution in [0.3, 0.4) is 0 Å². The van der Waals surface area contributed by atoms with Gasteiger partial charge in [0.25, 0.3) is 0 Å². The van der Waals surface area contributed by atoms with Crippen LogP contribution < -0.4 is 25.0 Å². The van der Waals surface area contributed by atoms with Crippen LogP contribution in [-0.2, 0) is 9.59 Å². The van der Waals surface area contributed by atoms with Crippen LogP contribution in [0.4, 0.5) is 11.5 Å². The Morgan fingerprint density at radius 1 is 1.12 bits per heavy atom. The number of anilines is 2. The van der Waals surface area contributed by atoms with E-state index < -0.39 is 0 Å². The fourth-order valence-corrected chi connectivity index (χ4v) is 4.17. The molecule has 1 aliphatic heterocycles. The number of hydrogen-bond donors (Lipinski definition) is 2.